The molecule has 2 fully saturated rings. The molecule has 2 aliphatic heterocycles. The number of nitrogens with one attached hydrogen (secondary N) is 1. The molecule has 0 saturated carbocycles. The minimum atomic E-state index is -0.359. The first-order valence-electron chi connectivity index (χ1n) is 7.22. The summed E-state index contributed by atoms with van der Waals surface area (Å²) in [5.41, 5.74) is 1.63. The van der Waals surface area contributed by atoms with Gasteiger partial charge in [0, 0.05) is 49.5 Å². The van der Waals surface area contributed by atoms with Crippen molar-refractivity contribution in [3.8, 4) is 0 Å². The first-order valence-corrected chi connectivity index (χ1v) is 7.22. The topological polar surface area (TPSA) is 71.3 Å². The number of anilines is 1. The van der Waals surface area contributed by atoms with Gasteiger partial charge in [-0.15, -0.1) is 0 Å². The molecule has 21 heavy (non-hydrogen) atoms. The minimum Gasteiger partial charge on any atom is -0.370 e. The van der Waals surface area contributed by atoms with E-state index in [1.165, 1.54) is 0 Å². The van der Waals surface area contributed by atoms with Gasteiger partial charge in [-0.25, -0.2) is 4.98 Å². The van der Waals surface area contributed by atoms with Gasteiger partial charge in [0.1, 0.15) is 5.52 Å². The van der Waals surface area contributed by atoms with Gasteiger partial charge in [-0.1, -0.05) is 0 Å². The second-order valence-corrected chi connectivity index (χ2v) is 5.84. The Morgan fingerprint density at radius 3 is 2.71 bits per heavy atom. The average molecular weight is 284 g/mol. The summed E-state index contributed by atoms with van der Waals surface area (Å²) < 4.78 is 0. The molecule has 2 saturated heterocycles. The molecule has 0 unspecified atom stereocenters. The average Bonchev–Trinajstić information content (AvgIpc) is 3.07. The zero-order chi connectivity index (χ0) is 14.4. The van der Waals surface area contributed by atoms with Crippen molar-refractivity contribution in [2.24, 2.45) is 11.8 Å². The monoisotopic (exact) mass is 284 g/mol. The SMILES string of the molecule is O=[N+]([O-])c1ccc(N2C[C@H]3CNC[C@H]3C2)c2cccnc12. The molecule has 1 N–H and O–H groups in total. The lowest BCUT2D eigenvalue weighted by molar-refractivity contribution is -0.383. The summed E-state index contributed by atoms with van der Waals surface area (Å²) in [4.78, 5) is 17.4. The quantitative estimate of drug-likeness (QED) is 0.672. The molecule has 3 heterocycles. The third-order valence-electron chi connectivity index (χ3n) is 4.65. The van der Waals surface area contributed by atoms with Crippen molar-refractivity contribution >= 4 is 22.3 Å². The van der Waals surface area contributed by atoms with E-state index in [4.69, 9.17) is 0 Å². The van der Waals surface area contributed by atoms with Gasteiger partial charge in [0.2, 0.25) is 0 Å². The van der Waals surface area contributed by atoms with Crippen LogP contribution in [-0.4, -0.2) is 36.1 Å². The highest BCUT2D eigenvalue weighted by atomic mass is 16.6. The van der Waals surface area contributed by atoms with Gasteiger partial charge in [-0.2, -0.15) is 0 Å². The normalized spacial score (nSPS) is 24.5. The van der Waals surface area contributed by atoms with Crippen molar-refractivity contribution in [1.29, 1.82) is 0 Å². The summed E-state index contributed by atoms with van der Waals surface area (Å²) in [5, 5.41) is 15.5. The zero-order valence-corrected chi connectivity index (χ0v) is 11.5. The fourth-order valence-electron chi connectivity index (χ4n) is 3.62. The Hall–Kier alpha value is -2.21. The first-order chi connectivity index (χ1) is 10.2. The molecule has 0 bridgehead atoms. The van der Waals surface area contributed by atoms with E-state index < -0.39 is 0 Å². The van der Waals surface area contributed by atoms with Crippen LogP contribution in [-0.2, 0) is 0 Å². The van der Waals surface area contributed by atoms with E-state index in [0.717, 1.165) is 37.3 Å². The van der Waals surface area contributed by atoms with Crippen LogP contribution in [0.3, 0.4) is 0 Å². The Kier molecular flexibility index (Phi) is 2.78. The molecule has 4 rings (SSSR count). The Labute approximate surface area is 121 Å². The van der Waals surface area contributed by atoms with Crippen molar-refractivity contribution in [2.75, 3.05) is 31.1 Å². The molecule has 0 radical (unpaired) electrons. The number of rotatable bonds is 2. The van der Waals surface area contributed by atoms with Crippen LogP contribution in [0.15, 0.2) is 30.5 Å². The molecule has 0 aliphatic carbocycles. The number of nitro groups is 1. The second kappa shape index (κ2) is 4.66. The summed E-state index contributed by atoms with van der Waals surface area (Å²) in [5.74, 6) is 1.37. The third kappa shape index (κ3) is 1.94. The Morgan fingerprint density at radius 2 is 2.00 bits per heavy atom. The highest BCUT2D eigenvalue weighted by molar-refractivity contribution is 5.97. The molecule has 1 aromatic heterocycles. The van der Waals surface area contributed by atoms with Crippen LogP contribution in [0.2, 0.25) is 0 Å². The smallest absolute Gasteiger partial charge is 0.295 e. The molecule has 6 heteroatoms. The first kappa shape index (κ1) is 12.5. The summed E-state index contributed by atoms with van der Waals surface area (Å²) >= 11 is 0. The van der Waals surface area contributed by atoms with Crippen molar-refractivity contribution in [3.05, 3.63) is 40.6 Å². The number of non-ortho nitro benzene ring substituents is 1. The number of hydrogen-bond acceptors (Lipinski definition) is 5. The molecule has 1 aromatic carbocycles. The Balaban J connectivity index is 1.80. The van der Waals surface area contributed by atoms with Crippen LogP contribution in [0.5, 0.6) is 0 Å². The lowest BCUT2D eigenvalue weighted by atomic mass is 10.0. The van der Waals surface area contributed by atoms with Crippen LogP contribution < -0.4 is 10.2 Å². The number of nitro benzene ring substituents is 1. The van der Waals surface area contributed by atoms with Crippen LogP contribution in [0.25, 0.3) is 10.9 Å². The van der Waals surface area contributed by atoms with Crippen molar-refractivity contribution in [3.63, 3.8) is 0 Å². The number of hydrogen-bond donors (Lipinski definition) is 1. The van der Waals surface area contributed by atoms with Gasteiger partial charge in [0.15, 0.2) is 0 Å². The molecule has 0 spiro atoms. The highest BCUT2D eigenvalue weighted by Gasteiger charge is 2.36. The van der Waals surface area contributed by atoms with Gasteiger partial charge in [-0.3, -0.25) is 10.1 Å². The standard InChI is InChI=1S/C15H16N4O2/c20-19(21)14-4-3-13(12-2-1-5-17-15(12)14)18-8-10-6-16-7-11(10)9-18/h1-5,10-11,16H,6-9H2/t10-,11+. The van der Waals surface area contributed by atoms with Gasteiger partial charge >= 0.3 is 0 Å². The highest BCUT2D eigenvalue weighted by Crippen LogP contribution is 2.36. The van der Waals surface area contributed by atoms with Crippen LogP contribution in [0.4, 0.5) is 11.4 Å². The van der Waals surface area contributed by atoms with Crippen molar-refractivity contribution < 1.29 is 4.92 Å². The lowest BCUT2D eigenvalue weighted by Gasteiger charge is -2.21. The fraction of sp³-hybridized carbons (Fsp3) is 0.400. The molecule has 6 nitrogen and oxygen atoms in total. The van der Waals surface area contributed by atoms with E-state index in [-0.39, 0.29) is 10.6 Å². The summed E-state index contributed by atoms with van der Waals surface area (Å²) in [6.45, 7) is 4.17. The third-order valence-corrected chi connectivity index (χ3v) is 4.65. The fourth-order valence-corrected chi connectivity index (χ4v) is 3.62. The van der Waals surface area contributed by atoms with E-state index in [2.05, 4.69) is 15.2 Å². The van der Waals surface area contributed by atoms with Gasteiger partial charge in [0.25, 0.3) is 5.69 Å². The van der Waals surface area contributed by atoms with Gasteiger partial charge < -0.3 is 10.2 Å². The Morgan fingerprint density at radius 1 is 1.24 bits per heavy atom. The van der Waals surface area contributed by atoms with E-state index in [9.17, 15) is 10.1 Å². The number of nitrogens with zero attached hydrogens (tertiary/aromatic N) is 3. The van der Waals surface area contributed by atoms with Gasteiger partial charge in [-0.05, 0) is 30.0 Å². The lowest BCUT2D eigenvalue weighted by Crippen LogP contribution is -2.25. The predicted octanol–water partition coefficient (Wildman–Crippen LogP) is 1.80. The van der Waals surface area contributed by atoms with Crippen LogP contribution >= 0.6 is 0 Å². The second-order valence-electron chi connectivity index (χ2n) is 5.84. The zero-order valence-electron chi connectivity index (χ0n) is 11.5. The molecular formula is C15H16N4O2. The van der Waals surface area contributed by atoms with Crippen LogP contribution in [0.1, 0.15) is 0 Å². The molecule has 0 amide bonds. The summed E-state index contributed by atoms with van der Waals surface area (Å²) in [6, 6.07) is 7.22. The van der Waals surface area contributed by atoms with Crippen LogP contribution in [0, 0.1) is 22.0 Å². The molecule has 2 atom stereocenters. The number of benzene rings is 1. The summed E-state index contributed by atoms with van der Waals surface area (Å²) in [6.07, 6.45) is 1.61. The minimum absolute atomic E-state index is 0.0791. The van der Waals surface area contributed by atoms with E-state index in [1.54, 1.807) is 12.3 Å². The largest absolute Gasteiger partial charge is 0.370 e. The van der Waals surface area contributed by atoms with Gasteiger partial charge in [0.05, 0.1) is 4.92 Å². The molecule has 108 valence electrons. The van der Waals surface area contributed by atoms with E-state index in [1.807, 2.05) is 18.2 Å². The van der Waals surface area contributed by atoms with Crippen molar-refractivity contribution in [2.45, 2.75) is 0 Å². The maximum absolute atomic E-state index is 11.2. The van der Waals surface area contributed by atoms with E-state index >= 15 is 0 Å². The molecule has 2 aliphatic rings. The Bertz CT molecular complexity index is 706. The van der Waals surface area contributed by atoms with Crippen molar-refractivity contribution in [1.82, 2.24) is 10.3 Å². The number of pyridine rings is 1. The summed E-state index contributed by atoms with van der Waals surface area (Å²) in [7, 11) is 0. The number of aromatic nitrogens is 1. The maximum atomic E-state index is 11.2. The maximum Gasteiger partial charge on any atom is 0.295 e. The van der Waals surface area contributed by atoms with E-state index in [0.29, 0.717) is 17.4 Å². The molecule has 2 aromatic rings. The molecular weight excluding hydrogens is 268 g/mol. The number of fused-ring (bicyclic) bond motifs is 2. The predicted molar refractivity (Wildman–Crippen MR) is 80.5 cm³/mol.